The highest BCUT2D eigenvalue weighted by molar-refractivity contribution is 7.51. The third kappa shape index (κ3) is 9.23. The van der Waals surface area contributed by atoms with Gasteiger partial charge in [-0.3, -0.25) is 4.57 Å². The first kappa shape index (κ1) is 19.5. The minimum atomic E-state index is -4.18. The van der Waals surface area contributed by atoms with Gasteiger partial charge in [-0.25, -0.2) is 4.79 Å². The van der Waals surface area contributed by atoms with E-state index in [2.05, 4.69) is 5.32 Å². The van der Waals surface area contributed by atoms with Crippen molar-refractivity contribution in [3.8, 4) is 5.75 Å². The summed E-state index contributed by atoms with van der Waals surface area (Å²) in [6.07, 6.45) is -0.521. The van der Waals surface area contributed by atoms with Gasteiger partial charge in [0.15, 0.2) is 6.35 Å². The quantitative estimate of drug-likeness (QED) is 0.685. The topological polar surface area (TPSA) is 105 Å². The summed E-state index contributed by atoms with van der Waals surface area (Å²) in [6, 6.07) is 6.70. The van der Waals surface area contributed by atoms with E-state index in [1.807, 2.05) is 6.92 Å². The summed E-state index contributed by atoms with van der Waals surface area (Å²) in [5.74, 6) is 0.379. The first-order valence-electron chi connectivity index (χ1n) is 7.20. The summed E-state index contributed by atoms with van der Waals surface area (Å²) < 4.78 is 20.9. The van der Waals surface area contributed by atoms with Crippen molar-refractivity contribution in [2.75, 3.05) is 6.35 Å². The molecule has 1 amide bonds. The maximum atomic E-state index is 11.7. The Kier molecular flexibility index (Phi) is 6.62. The number of hydrogen-bond donors (Lipinski definition) is 3. The lowest BCUT2D eigenvalue weighted by Gasteiger charge is -2.22. The summed E-state index contributed by atoms with van der Waals surface area (Å²) in [5, 5.41) is 2.75. The van der Waals surface area contributed by atoms with Crippen LogP contribution in [0, 0.1) is 0 Å². The number of hydrogen-bond acceptors (Lipinski definition) is 4. The van der Waals surface area contributed by atoms with Gasteiger partial charge in [-0.2, -0.15) is 0 Å². The van der Waals surface area contributed by atoms with Crippen LogP contribution < -0.4 is 10.1 Å². The number of ether oxygens (including phenoxy) is 2. The number of rotatable bonds is 6. The molecule has 23 heavy (non-hydrogen) atoms. The van der Waals surface area contributed by atoms with Crippen molar-refractivity contribution in [2.24, 2.45) is 0 Å². The van der Waals surface area contributed by atoms with Crippen molar-refractivity contribution in [1.82, 2.24) is 5.32 Å². The molecule has 0 fully saturated rings. The molecule has 0 aromatic heterocycles. The Hall–Kier alpha value is -1.56. The van der Waals surface area contributed by atoms with Gasteiger partial charge in [0, 0.05) is 6.04 Å². The van der Waals surface area contributed by atoms with Gasteiger partial charge >= 0.3 is 13.7 Å². The zero-order chi connectivity index (χ0) is 17.7. The molecule has 0 radical (unpaired) electrons. The number of nitrogens with one attached hydrogen (secondary N) is 1. The highest BCUT2D eigenvalue weighted by atomic mass is 31.2. The van der Waals surface area contributed by atoms with E-state index >= 15 is 0 Å². The summed E-state index contributed by atoms with van der Waals surface area (Å²) in [6.45, 7) is 7.26. The lowest BCUT2D eigenvalue weighted by molar-refractivity contribution is 0.0508. The Bertz CT molecular complexity index is 560. The summed E-state index contributed by atoms with van der Waals surface area (Å²) in [5.41, 5.74) is 0.416. The zero-order valence-corrected chi connectivity index (χ0v) is 14.7. The van der Waals surface area contributed by atoms with Gasteiger partial charge in [0.25, 0.3) is 0 Å². The third-order valence-electron chi connectivity index (χ3n) is 2.63. The maximum Gasteiger partial charge on any atom is 0.407 e. The van der Waals surface area contributed by atoms with Crippen molar-refractivity contribution in [2.45, 2.75) is 45.8 Å². The largest absolute Gasteiger partial charge is 0.481 e. The Morgan fingerprint density at radius 1 is 1.26 bits per heavy atom. The summed E-state index contributed by atoms with van der Waals surface area (Å²) in [4.78, 5) is 29.2. The predicted molar refractivity (Wildman–Crippen MR) is 86.5 cm³/mol. The van der Waals surface area contributed by atoms with Crippen LogP contribution in [0.4, 0.5) is 4.79 Å². The lowest BCUT2D eigenvalue weighted by Crippen LogP contribution is -2.38. The average molecular weight is 345 g/mol. The SMILES string of the molecule is C[C@@H](Cc1ccc(OCP(=O)(O)O)cc1)NC(=O)OC(C)(C)C. The van der Waals surface area contributed by atoms with Gasteiger partial charge in [-0.05, 0) is 51.8 Å². The van der Waals surface area contributed by atoms with E-state index < -0.39 is 25.6 Å². The van der Waals surface area contributed by atoms with Crippen LogP contribution in [0.1, 0.15) is 33.3 Å². The Labute approximate surface area is 136 Å². The van der Waals surface area contributed by atoms with Gasteiger partial charge in [-0.1, -0.05) is 12.1 Å². The van der Waals surface area contributed by atoms with E-state index in [1.165, 1.54) is 0 Å². The lowest BCUT2D eigenvalue weighted by atomic mass is 10.1. The molecule has 1 rings (SSSR count). The second-order valence-electron chi connectivity index (χ2n) is 6.33. The molecule has 8 heteroatoms. The van der Waals surface area contributed by atoms with Crippen LogP contribution in [-0.4, -0.2) is 33.9 Å². The van der Waals surface area contributed by atoms with Crippen LogP contribution in [-0.2, 0) is 15.7 Å². The van der Waals surface area contributed by atoms with Crippen molar-refractivity contribution >= 4 is 13.7 Å². The molecule has 0 aliphatic carbocycles. The van der Waals surface area contributed by atoms with Gasteiger partial charge in [0.1, 0.15) is 11.4 Å². The smallest absolute Gasteiger partial charge is 0.407 e. The van der Waals surface area contributed by atoms with Crippen LogP contribution in [0.5, 0.6) is 5.75 Å². The first-order valence-corrected chi connectivity index (χ1v) is 9.00. The second kappa shape index (κ2) is 7.81. The minimum absolute atomic E-state index is 0.119. The maximum absolute atomic E-state index is 11.7. The van der Waals surface area contributed by atoms with Crippen molar-refractivity contribution in [1.29, 1.82) is 0 Å². The summed E-state index contributed by atoms with van der Waals surface area (Å²) in [7, 11) is -4.18. The molecule has 0 aliphatic heterocycles. The number of amides is 1. The van der Waals surface area contributed by atoms with Crippen molar-refractivity contribution in [3.05, 3.63) is 29.8 Å². The molecule has 1 aromatic rings. The zero-order valence-electron chi connectivity index (χ0n) is 13.8. The van der Waals surface area contributed by atoms with E-state index in [9.17, 15) is 9.36 Å². The average Bonchev–Trinajstić information content (AvgIpc) is 2.34. The van der Waals surface area contributed by atoms with E-state index in [-0.39, 0.29) is 6.04 Å². The molecular formula is C15H24NO6P. The highest BCUT2D eigenvalue weighted by Gasteiger charge is 2.18. The van der Waals surface area contributed by atoms with Crippen LogP contribution in [0.3, 0.4) is 0 Å². The van der Waals surface area contributed by atoms with Crippen LogP contribution in [0.15, 0.2) is 24.3 Å². The van der Waals surface area contributed by atoms with Gasteiger partial charge in [-0.15, -0.1) is 0 Å². The fraction of sp³-hybridized carbons (Fsp3) is 0.533. The molecule has 3 N–H and O–H groups in total. The fourth-order valence-corrected chi connectivity index (χ4v) is 2.11. The molecule has 1 atom stereocenters. The standard InChI is InChI=1S/C15H24NO6P/c1-11(16-14(17)22-15(2,3)4)9-12-5-7-13(8-6-12)21-10-23(18,19)20/h5-8,11H,9-10H2,1-4H3,(H,16,17)(H2,18,19,20)/t11-/m0/s1. The monoisotopic (exact) mass is 345 g/mol. The number of benzene rings is 1. The Morgan fingerprint density at radius 2 is 1.83 bits per heavy atom. The van der Waals surface area contributed by atoms with Crippen molar-refractivity contribution < 1.29 is 28.6 Å². The van der Waals surface area contributed by atoms with Crippen LogP contribution in [0.25, 0.3) is 0 Å². The number of alkyl carbamates (subject to hydrolysis) is 1. The summed E-state index contributed by atoms with van der Waals surface area (Å²) >= 11 is 0. The van der Waals surface area contributed by atoms with Crippen molar-refractivity contribution in [3.63, 3.8) is 0 Å². The molecule has 0 saturated carbocycles. The van der Waals surface area contributed by atoms with Gasteiger partial charge in [0.2, 0.25) is 0 Å². The van der Waals surface area contributed by atoms with E-state index in [1.54, 1.807) is 45.0 Å². The molecule has 0 unspecified atom stereocenters. The molecule has 130 valence electrons. The van der Waals surface area contributed by atoms with E-state index in [4.69, 9.17) is 19.3 Å². The molecular weight excluding hydrogens is 321 g/mol. The number of carbonyl (C=O) groups excluding carboxylic acids is 1. The van der Waals surface area contributed by atoms with Gasteiger partial charge in [0.05, 0.1) is 0 Å². The molecule has 7 nitrogen and oxygen atoms in total. The van der Waals surface area contributed by atoms with Crippen LogP contribution >= 0.6 is 7.60 Å². The highest BCUT2D eigenvalue weighted by Crippen LogP contribution is 2.34. The molecule has 0 aliphatic rings. The molecule has 0 saturated heterocycles. The Balaban J connectivity index is 2.48. The molecule has 0 bridgehead atoms. The molecule has 0 heterocycles. The molecule has 0 spiro atoms. The van der Waals surface area contributed by atoms with Gasteiger partial charge < -0.3 is 24.6 Å². The van der Waals surface area contributed by atoms with E-state index in [0.717, 1.165) is 5.56 Å². The second-order valence-corrected chi connectivity index (χ2v) is 7.92. The van der Waals surface area contributed by atoms with E-state index in [0.29, 0.717) is 12.2 Å². The predicted octanol–water partition coefficient (Wildman–Crippen LogP) is 2.66. The van der Waals surface area contributed by atoms with Crippen LogP contribution in [0.2, 0.25) is 0 Å². The first-order chi connectivity index (χ1) is 10.4. The minimum Gasteiger partial charge on any atom is -0.481 e. The Morgan fingerprint density at radius 3 is 2.30 bits per heavy atom. The molecule has 1 aromatic carbocycles. The number of carbonyl (C=O) groups is 1. The normalized spacial score (nSPS) is 13.3. The third-order valence-corrected chi connectivity index (χ3v) is 3.09. The fourth-order valence-electron chi connectivity index (χ4n) is 1.79.